The van der Waals surface area contributed by atoms with Crippen molar-refractivity contribution in [1.82, 2.24) is 10.2 Å². The van der Waals surface area contributed by atoms with Crippen LogP contribution in [-0.4, -0.2) is 46.9 Å². The smallest absolute Gasteiger partial charge is 0.316 e. The molecule has 166 valence electrons. The number of amides is 2. The highest BCUT2D eigenvalue weighted by Gasteiger charge is 2.35. The Hall–Kier alpha value is -2.46. The fourth-order valence-electron chi connectivity index (χ4n) is 3.21. The number of benzene rings is 1. The first-order valence-corrected chi connectivity index (χ1v) is 12.1. The molecule has 3 rings (SSSR count). The molecule has 1 unspecified atom stereocenters. The van der Waals surface area contributed by atoms with Gasteiger partial charge in [-0.25, -0.2) is 0 Å². The zero-order chi connectivity index (χ0) is 22.2. The van der Waals surface area contributed by atoms with E-state index in [9.17, 15) is 14.4 Å². The predicted octanol–water partition coefficient (Wildman–Crippen LogP) is 3.53. The number of unbranched alkanes of at least 4 members (excludes halogenated alkanes) is 1. The van der Waals surface area contributed by atoms with E-state index >= 15 is 0 Å². The highest BCUT2D eigenvalue weighted by Crippen LogP contribution is 2.29. The second-order valence-corrected chi connectivity index (χ2v) is 9.33. The Labute approximate surface area is 189 Å². The number of nitrogens with one attached hydrogen (secondary N) is 1. The van der Waals surface area contributed by atoms with Crippen molar-refractivity contribution in [1.29, 1.82) is 0 Å². The molecule has 1 aliphatic heterocycles. The van der Waals surface area contributed by atoms with Gasteiger partial charge in [-0.15, -0.1) is 10.2 Å². The average molecular weight is 463 g/mol. The number of aryl methyl sites for hydroxylation is 1. The number of esters is 1. The zero-order valence-electron chi connectivity index (χ0n) is 17.6. The maximum absolute atomic E-state index is 12.6. The first kappa shape index (κ1) is 23.2. The van der Waals surface area contributed by atoms with Crippen LogP contribution in [0.1, 0.15) is 38.7 Å². The molecule has 1 aliphatic rings. The lowest BCUT2D eigenvalue weighted by molar-refractivity contribution is -0.139. The van der Waals surface area contributed by atoms with Crippen molar-refractivity contribution < 1.29 is 19.1 Å². The molecule has 10 heteroatoms. The van der Waals surface area contributed by atoms with E-state index in [4.69, 9.17) is 4.74 Å². The Morgan fingerprint density at radius 2 is 2.03 bits per heavy atom. The standard InChI is InChI=1S/C21H26N4O4S2/c1-3-5-6-14-7-9-16(10-8-14)25-12-15(11-17(25)26)19(28)22-20-23-24-21(31-20)30-13-18(27)29-4-2/h7-10,15H,3-6,11-13H2,1-2H3,(H,22,23,28). The molecule has 2 amide bonds. The summed E-state index contributed by atoms with van der Waals surface area (Å²) in [5, 5.41) is 11.0. The molecule has 31 heavy (non-hydrogen) atoms. The number of aromatic nitrogens is 2. The van der Waals surface area contributed by atoms with E-state index in [-0.39, 0.29) is 30.0 Å². The Morgan fingerprint density at radius 3 is 2.74 bits per heavy atom. The van der Waals surface area contributed by atoms with Crippen molar-refractivity contribution in [2.45, 2.75) is 43.9 Å². The molecule has 1 aromatic carbocycles. The number of ether oxygens (including phenoxy) is 1. The fraction of sp³-hybridized carbons (Fsp3) is 0.476. The van der Waals surface area contributed by atoms with E-state index in [1.54, 1.807) is 11.8 Å². The van der Waals surface area contributed by atoms with Crippen LogP contribution in [0.15, 0.2) is 28.6 Å². The fourth-order valence-corrected chi connectivity index (χ4v) is 4.76. The lowest BCUT2D eigenvalue weighted by Gasteiger charge is -2.17. The summed E-state index contributed by atoms with van der Waals surface area (Å²) in [7, 11) is 0. The largest absolute Gasteiger partial charge is 0.465 e. The molecule has 0 bridgehead atoms. The Kier molecular flexibility index (Phi) is 8.42. The summed E-state index contributed by atoms with van der Waals surface area (Å²) in [5.74, 6) is -0.958. The summed E-state index contributed by atoms with van der Waals surface area (Å²) >= 11 is 2.40. The first-order chi connectivity index (χ1) is 15.0. The molecule has 1 saturated heterocycles. The number of anilines is 2. The van der Waals surface area contributed by atoms with Crippen LogP contribution in [0.3, 0.4) is 0 Å². The van der Waals surface area contributed by atoms with Gasteiger partial charge in [-0.05, 0) is 37.5 Å². The number of hydrogen-bond acceptors (Lipinski definition) is 8. The molecule has 2 heterocycles. The van der Waals surface area contributed by atoms with Crippen LogP contribution >= 0.6 is 23.1 Å². The molecule has 0 spiro atoms. The normalized spacial score (nSPS) is 15.9. The first-order valence-electron chi connectivity index (χ1n) is 10.3. The van der Waals surface area contributed by atoms with Crippen molar-refractivity contribution in [3.05, 3.63) is 29.8 Å². The molecule has 0 radical (unpaired) electrons. The van der Waals surface area contributed by atoms with Crippen molar-refractivity contribution in [3.8, 4) is 0 Å². The maximum Gasteiger partial charge on any atom is 0.316 e. The van der Waals surface area contributed by atoms with E-state index in [0.717, 1.165) is 24.9 Å². The third kappa shape index (κ3) is 6.51. The SMILES string of the molecule is CCCCc1ccc(N2CC(C(=O)Nc3nnc(SCC(=O)OCC)s3)CC2=O)cc1. The Bertz CT molecular complexity index is 916. The minimum absolute atomic E-state index is 0.0654. The quantitative estimate of drug-likeness (QED) is 0.327. The zero-order valence-corrected chi connectivity index (χ0v) is 19.3. The van der Waals surface area contributed by atoms with Gasteiger partial charge in [0.25, 0.3) is 0 Å². The summed E-state index contributed by atoms with van der Waals surface area (Å²) in [6, 6.07) is 7.98. The Morgan fingerprint density at radius 1 is 1.26 bits per heavy atom. The molecule has 1 atom stereocenters. The molecule has 0 saturated carbocycles. The van der Waals surface area contributed by atoms with Gasteiger partial charge in [0.05, 0.1) is 18.3 Å². The summed E-state index contributed by atoms with van der Waals surface area (Å²) < 4.78 is 5.44. The molecule has 1 N–H and O–H groups in total. The summed E-state index contributed by atoms with van der Waals surface area (Å²) in [6.45, 7) is 4.57. The van der Waals surface area contributed by atoms with Gasteiger partial charge in [0.15, 0.2) is 4.34 Å². The van der Waals surface area contributed by atoms with Gasteiger partial charge >= 0.3 is 5.97 Å². The average Bonchev–Trinajstić information content (AvgIpc) is 3.38. The van der Waals surface area contributed by atoms with Crippen molar-refractivity contribution in [3.63, 3.8) is 0 Å². The van der Waals surface area contributed by atoms with Gasteiger partial charge in [0, 0.05) is 18.7 Å². The number of hydrogen-bond donors (Lipinski definition) is 1. The van der Waals surface area contributed by atoms with Gasteiger partial charge in [-0.2, -0.15) is 0 Å². The predicted molar refractivity (Wildman–Crippen MR) is 121 cm³/mol. The van der Waals surface area contributed by atoms with Crippen LogP contribution in [0.25, 0.3) is 0 Å². The number of rotatable bonds is 10. The third-order valence-electron chi connectivity index (χ3n) is 4.82. The molecule has 8 nitrogen and oxygen atoms in total. The topological polar surface area (TPSA) is 101 Å². The summed E-state index contributed by atoms with van der Waals surface area (Å²) in [6.07, 6.45) is 3.46. The van der Waals surface area contributed by atoms with E-state index in [1.165, 1.54) is 28.7 Å². The minimum Gasteiger partial charge on any atom is -0.465 e. The molecular weight excluding hydrogens is 436 g/mol. The second kappa shape index (κ2) is 11.2. The molecule has 2 aromatic rings. The van der Waals surface area contributed by atoms with Gasteiger partial charge in [0.1, 0.15) is 0 Å². The highest BCUT2D eigenvalue weighted by atomic mass is 32.2. The lowest BCUT2D eigenvalue weighted by Crippen LogP contribution is -2.28. The molecule has 0 aliphatic carbocycles. The number of thioether (sulfide) groups is 1. The van der Waals surface area contributed by atoms with Crippen LogP contribution < -0.4 is 10.2 Å². The molecule has 1 aromatic heterocycles. The van der Waals surface area contributed by atoms with Gasteiger partial charge in [-0.1, -0.05) is 48.6 Å². The van der Waals surface area contributed by atoms with Gasteiger partial charge in [-0.3, -0.25) is 14.4 Å². The minimum atomic E-state index is -0.452. The van der Waals surface area contributed by atoms with Crippen LogP contribution in [0.4, 0.5) is 10.8 Å². The molecular formula is C21H26N4O4S2. The number of carbonyl (C=O) groups excluding carboxylic acids is 3. The summed E-state index contributed by atoms with van der Waals surface area (Å²) in [4.78, 5) is 38.2. The summed E-state index contributed by atoms with van der Waals surface area (Å²) in [5.41, 5.74) is 2.06. The van der Waals surface area contributed by atoms with Crippen LogP contribution in [0.5, 0.6) is 0 Å². The Balaban J connectivity index is 1.53. The van der Waals surface area contributed by atoms with E-state index in [1.807, 2.05) is 24.3 Å². The van der Waals surface area contributed by atoms with Gasteiger partial charge in [0.2, 0.25) is 16.9 Å². The van der Waals surface area contributed by atoms with E-state index in [2.05, 4.69) is 22.4 Å². The highest BCUT2D eigenvalue weighted by molar-refractivity contribution is 8.01. The van der Waals surface area contributed by atoms with Crippen LogP contribution in [-0.2, 0) is 25.5 Å². The van der Waals surface area contributed by atoms with E-state index in [0.29, 0.717) is 22.6 Å². The number of carbonyl (C=O) groups is 3. The van der Waals surface area contributed by atoms with Gasteiger partial charge < -0.3 is 15.0 Å². The monoisotopic (exact) mass is 462 g/mol. The van der Waals surface area contributed by atoms with Crippen LogP contribution in [0, 0.1) is 5.92 Å². The second-order valence-electron chi connectivity index (χ2n) is 7.13. The lowest BCUT2D eigenvalue weighted by atomic mass is 10.1. The van der Waals surface area contributed by atoms with Crippen LogP contribution in [0.2, 0.25) is 0 Å². The van der Waals surface area contributed by atoms with Crippen molar-refractivity contribution >= 4 is 51.7 Å². The molecule has 1 fully saturated rings. The third-order valence-corrected chi connectivity index (χ3v) is 6.76. The maximum atomic E-state index is 12.6. The van der Waals surface area contributed by atoms with E-state index < -0.39 is 5.92 Å². The van der Waals surface area contributed by atoms with Crippen molar-refractivity contribution in [2.24, 2.45) is 5.92 Å². The van der Waals surface area contributed by atoms with Crippen molar-refractivity contribution in [2.75, 3.05) is 29.1 Å². The number of nitrogens with zero attached hydrogens (tertiary/aromatic N) is 3.